The van der Waals surface area contributed by atoms with Crippen LogP contribution in [0, 0.1) is 0 Å². The van der Waals surface area contributed by atoms with Gasteiger partial charge in [0, 0.05) is 39.1 Å². The molecule has 0 bridgehead atoms. The van der Waals surface area contributed by atoms with Crippen LogP contribution in [0.1, 0.15) is 22.5 Å². The average molecular weight is 433 g/mol. The molecule has 4 rings (SSSR count). The Labute approximate surface area is 190 Å². The van der Waals surface area contributed by atoms with E-state index in [0.717, 1.165) is 64.1 Å². The number of nitrogens with zero attached hydrogens (tertiary/aromatic N) is 2. The molecule has 1 aliphatic rings. The predicted octanol–water partition coefficient (Wildman–Crippen LogP) is 3.59. The van der Waals surface area contributed by atoms with Crippen LogP contribution in [0.25, 0.3) is 0 Å². The number of guanidine groups is 1. The lowest BCUT2D eigenvalue weighted by Crippen LogP contribution is -2.39. The summed E-state index contributed by atoms with van der Waals surface area (Å²) in [6.45, 7) is 6.66. The van der Waals surface area contributed by atoms with E-state index in [-0.39, 0.29) is 0 Å². The molecule has 1 aromatic heterocycles. The fourth-order valence-electron chi connectivity index (χ4n) is 3.75. The maximum atomic E-state index is 5.49. The second-order valence-electron chi connectivity index (χ2n) is 7.92. The zero-order chi connectivity index (χ0) is 21.8. The van der Waals surface area contributed by atoms with Crippen molar-refractivity contribution < 1.29 is 9.15 Å². The van der Waals surface area contributed by atoms with Crippen molar-refractivity contribution >= 4 is 5.96 Å². The number of hydrogen-bond donors (Lipinski definition) is 2. The van der Waals surface area contributed by atoms with Crippen LogP contribution < -0.4 is 10.6 Å². The molecular formula is C26H32N4O2. The minimum Gasteiger partial charge on any atom is -0.469 e. The predicted molar refractivity (Wildman–Crippen MR) is 127 cm³/mol. The molecule has 0 atom stereocenters. The molecule has 0 spiro atoms. The molecule has 3 aromatic rings. The average Bonchev–Trinajstić information content (AvgIpc) is 3.36. The third kappa shape index (κ3) is 6.97. The van der Waals surface area contributed by atoms with Crippen LogP contribution in [-0.2, 0) is 30.8 Å². The highest BCUT2D eigenvalue weighted by Crippen LogP contribution is 2.13. The van der Waals surface area contributed by atoms with Crippen LogP contribution in [0.4, 0.5) is 0 Å². The van der Waals surface area contributed by atoms with E-state index < -0.39 is 0 Å². The van der Waals surface area contributed by atoms with Crippen LogP contribution in [-0.4, -0.2) is 43.7 Å². The Hall–Kier alpha value is -3.09. The Bertz CT molecular complexity index is 951. The van der Waals surface area contributed by atoms with E-state index in [4.69, 9.17) is 14.1 Å². The van der Waals surface area contributed by atoms with Gasteiger partial charge in [-0.2, -0.15) is 0 Å². The number of morpholine rings is 1. The van der Waals surface area contributed by atoms with E-state index in [9.17, 15) is 0 Å². The van der Waals surface area contributed by atoms with E-state index in [1.54, 1.807) is 6.26 Å². The van der Waals surface area contributed by atoms with Gasteiger partial charge in [0.2, 0.25) is 0 Å². The maximum Gasteiger partial charge on any atom is 0.191 e. The number of benzene rings is 2. The number of rotatable bonds is 9. The van der Waals surface area contributed by atoms with E-state index in [1.165, 1.54) is 16.7 Å². The molecule has 2 N–H and O–H groups in total. The van der Waals surface area contributed by atoms with Gasteiger partial charge in [0.05, 0.1) is 26.0 Å². The third-order valence-corrected chi connectivity index (χ3v) is 5.57. The van der Waals surface area contributed by atoms with Gasteiger partial charge in [0.25, 0.3) is 0 Å². The number of furan rings is 1. The first-order valence-electron chi connectivity index (χ1n) is 11.3. The van der Waals surface area contributed by atoms with Crippen LogP contribution in [0.3, 0.4) is 0 Å². The number of ether oxygens (including phenoxy) is 1. The van der Waals surface area contributed by atoms with Gasteiger partial charge in [-0.3, -0.25) is 4.90 Å². The Kier molecular flexibility index (Phi) is 8.35. The fraction of sp³-hybridized carbons (Fsp3) is 0.346. The van der Waals surface area contributed by atoms with Crippen molar-refractivity contribution in [3.05, 3.63) is 95.4 Å². The molecule has 2 heterocycles. The summed E-state index contributed by atoms with van der Waals surface area (Å²) in [5.41, 5.74) is 3.83. The zero-order valence-corrected chi connectivity index (χ0v) is 18.5. The topological polar surface area (TPSA) is 62.0 Å². The standard InChI is InChI=1S/C26H32N4O2/c1-2-7-22(8-3-1)19-28-26(27-13-12-25-11-6-16-32-25)29-20-23-9-4-5-10-24(23)21-30-14-17-31-18-15-30/h1-11,16H,12-15,17-21H2,(H2,27,28,29). The molecule has 0 aliphatic carbocycles. The number of aliphatic imine (C=N–C) groups is 1. The second-order valence-corrected chi connectivity index (χ2v) is 7.92. The van der Waals surface area contributed by atoms with Crippen LogP contribution in [0.5, 0.6) is 0 Å². The molecule has 1 aliphatic heterocycles. The summed E-state index contributed by atoms with van der Waals surface area (Å²) in [6, 6.07) is 22.9. The van der Waals surface area contributed by atoms with Gasteiger partial charge in [0.1, 0.15) is 5.76 Å². The van der Waals surface area contributed by atoms with Crippen LogP contribution >= 0.6 is 0 Å². The highest BCUT2D eigenvalue weighted by molar-refractivity contribution is 5.79. The molecule has 2 aromatic carbocycles. The molecular weight excluding hydrogens is 400 g/mol. The van der Waals surface area contributed by atoms with Crippen molar-refractivity contribution in [1.82, 2.24) is 15.5 Å². The molecule has 0 unspecified atom stereocenters. The first-order valence-corrected chi connectivity index (χ1v) is 11.3. The summed E-state index contributed by atoms with van der Waals surface area (Å²) in [5.74, 6) is 1.78. The molecule has 1 saturated heterocycles. The summed E-state index contributed by atoms with van der Waals surface area (Å²) in [6.07, 6.45) is 2.52. The lowest BCUT2D eigenvalue weighted by atomic mass is 10.1. The monoisotopic (exact) mass is 432 g/mol. The minimum absolute atomic E-state index is 0.631. The quantitative estimate of drug-likeness (QED) is 0.400. The molecule has 1 fully saturated rings. The molecule has 0 radical (unpaired) electrons. The molecule has 6 nitrogen and oxygen atoms in total. The first-order chi connectivity index (χ1) is 15.9. The smallest absolute Gasteiger partial charge is 0.191 e. The van der Waals surface area contributed by atoms with Gasteiger partial charge in [0.15, 0.2) is 5.96 Å². The van der Waals surface area contributed by atoms with Gasteiger partial charge >= 0.3 is 0 Å². The van der Waals surface area contributed by atoms with E-state index >= 15 is 0 Å². The van der Waals surface area contributed by atoms with Crippen molar-refractivity contribution in [1.29, 1.82) is 0 Å². The maximum absolute atomic E-state index is 5.49. The largest absolute Gasteiger partial charge is 0.469 e. The van der Waals surface area contributed by atoms with Crippen molar-refractivity contribution in [3.8, 4) is 0 Å². The summed E-state index contributed by atoms with van der Waals surface area (Å²) >= 11 is 0. The van der Waals surface area contributed by atoms with Gasteiger partial charge in [-0.15, -0.1) is 0 Å². The van der Waals surface area contributed by atoms with Crippen molar-refractivity contribution in [2.75, 3.05) is 32.8 Å². The zero-order valence-electron chi connectivity index (χ0n) is 18.5. The molecule has 6 heteroatoms. The second kappa shape index (κ2) is 12.1. The Balaban J connectivity index is 1.38. The minimum atomic E-state index is 0.631. The SMILES string of the molecule is c1ccc(CN=C(NCCc2ccco2)NCc2ccccc2CN2CCOCC2)cc1. The highest BCUT2D eigenvalue weighted by Gasteiger charge is 2.13. The molecule has 0 amide bonds. The van der Waals surface area contributed by atoms with Gasteiger partial charge in [-0.1, -0.05) is 54.6 Å². The third-order valence-electron chi connectivity index (χ3n) is 5.57. The summed E-state index contributed by atoms with van der Waals surface area (Å²) in [7, 11) is 0. The Morgan fingerprint density at radius 1 is 0.875 bits per heavy atom. The summed E-state index contributed by atoms with van der Waals surface area (Å²) in [5, 5.41) is 6.98. The van der Waals surface area contributed by atoms with Crippen LogP contribution in [0.2, 0.25) is 0 Å². The lowest BCUT2D eigenvalue weighted by molar-refractivity contribution is 0.0341. The summed E-state index contributed by atoms with van der Waals surface area (Å²) in [4.78, 5) is 7.26. The van der Waals surface area contributed by atoms with Gasteiger partial charge in [-0.05, 0) is 28.8 Å². The molecule has 0 saturated carbocycles. The van der Waals surface area contributed by atoms with E-state index in [1.807, 2.05) is 30.3 Å². The Morgan fingerprint density at radius 3 is 2.44 bits per heavy atom. The van der Waals surface area contributed by atoms with E-state index in [2.05, 4.69) is 51.9 Å². The lowest BCUT2D eigenvalue weighted by Gasteiger charge is -2.27. The molecule has 168 valence electrons. The number of nitrogens with one attached hydrogen (secondary N) is 2. The van der Waals surface area contributed by atoms with Crippen LogP contribution in [0.15, 0.2) is 82.4 Å². The van der Waals surface area contributed by atoms with Crippen molar-refractivity contribution in [2.24, 2.45) is 4.99 Å². The van der Waals surface area contributed by atoms with Crippen molar-refractivity contribution in [2.45, 2.75) is 26.1 Å². The molecule has 32 heavy (non-hydrogen) atoms. The van der Waals surface area contributed by atoms with Gasteiger partial charge < -0.3 is 19.8 Å². The van der Waals surface area contributed by atoms with Gasteiger partial charge in [-0.25, -0.2) is 4.99 Å². The fourth-order valence-corrected chi connectivity index (χ4v) is 3.75. The summed E-state index contributed by atoms with van der Waals surface area (Å²) < 4.78 is 10.9. The van der Waals surface area contributed by atoms with Crippen molar-refractivity contribution in [3.63, 3.8) is 0 Å². The highest BCUT2D eigenvalue weighted by atomic mass is 16.5. The van der Waals surface area contributed by atoms with E-state index in [0.29, 0.717) is 6.54 Å². The number of hydrogen-bond acceptors (Lipinski definition) is 4. The normalized spacial score (nSPS) is 14.9. The first kappa shape index (κ1) is 22.1. The Morgan fingerprint density at radius 2 is 1.66 bits per heavy atom.